The van der Waals surface area contributed by atoms with Crippen molar-refractivity contribution in [3.05, 3.63) is 42.7 Å². The Morgan fingerprint density at radius 2 is 2.00 bits per heavy atom. The fourth-order valence-electron chi connectivity index (χ4n) is 2.68. The van der Waals surface area contributed by atoms with Gasteiger partial charge in [-0.25, -0.2) is 9.37 Å². The van der Waals surface area contributed by atoms with Gasteiger partial charge in [-0.05, 0) is 31.0 Å². The van der Waals surface area contributed by atoms with E-state index in [-0.39, 0.29) is 30.7 Å². The average molecular weight is 361 g/mol. The number of hydrogen-bond acceptors (Lipinski definition) is 3. The molecule has 1 aromatic carbocycles. The molecule has 1 aliphatic rings. The third-order valence-corrected chi connectivity index (χ3v) is 3.94. The minimum atomic E-state index is -0.820. The van der Waals surface area contributed by atoms with Crippen molar-refractivity contribution in [2.45, 2.75) is 31.2 Å². The predicted molar refractivity (Wildman–Crippen MR) is 92.0 cm³/mol. The van der Waals surface area contributed by atoms with Crippen LogP contribution in [0.5, 0.6) is 0 Å². The summed E-state index contributed by atoms with van der Waals surface area (Å²) in [6.07, 6.45) is 8.01. The molecule has 2 aromatic rings. The van der Waals surface area contributed by atoms with E-state index in [1.165, 1.54) is 12.4 Å². The number of benzene rings is 1. The zero-order valence-electron chi connectivity index (χ0n) is 12.4. The van der Waals surface area contributed by atoms with E-state index in [9.17, 15) is 9.18 Å². The minimum absolute atomic E-state index is 0. The summed E-state index contributed by atoms with van der Waals surface area (Å²) < 4.78 is 15.7. The van der Waals surface area contributed by atoms with E-state index >= 15 is 0 Å². The number of amides is 1. The van der Waals surface area contributed by atoms with Crippen LogP contribution in [-0.4, -0.2) is 21.0 Å². The first-order valence-corrected chi connectivity index (χ1v) is 6.97. The Kier molecular flexibility index (Phi) is 6.56. The number of nitrogens with one attached hydrogen (secondary N) is 1. The summed E-state index contributed by atoms with van der Waals surface area (Å²) in [7, 11) is 0. The number of nitrogens with two attached hydrogens (primary N) is 1. The maximum atomic E-state index is 14.1. The summed E-state index contributed by atoms with van der Waals surface area (Å²) in [5.74, 6) is -0.668. The Morgan fingerprint density at radius 3 is 2.57 bits per heavy atom. The fourth-order valence-corrected chi connectivity index (χ4v) is 2.68. The Morgan fingerprint density at radius 1 is 1.30 bits per heavy atom. The SMILES string of the molecule is Cl.Cl.NC1(C(=O)Nc2ccc(-n3ccnc3)c(F)c2)CCCC1. The normalized spacial score (nSPS) is 15.4. The molecule has 1 aliphatic carbocycles. The molecule has 0 aliphatic heterocycles. The lowest BCUT2D eigenvalue weighted by Crippen LogP contribution is -2.48. The number of aromatic nitrogens is 2. The van der Waals surface area contributed by atoms with Crippen LogP contribution in [0, 0.1) is 5.82 Å². The smallest absolute Gasteiger partial charge is 0.244 e. The van der Waals surface area contributed by atoms with Crippen LogP contribution in [0.15, 0.2) is 36.9 Å². The second-order valence-corrected chi connectivity index (χ2v) is 5.45. The van der Waals surface area contributed by atoms with Gasteiger partial charge in [-0.1, -0.05) is 12.8 Å². The van der Waals surface area contributed by atoms with Gasteiger partial charge in [0.25, 0.3) is 0 Å². The molecule has 1 heterocycles. The zero-order valence-corrected chi connectivity index (χ0v) is 14.0. The summed E-state index contributed by atoms with van der Waals surface area (Å²) >= 11 is 0. The van der Waals surface area contributed by atoms with Gasteiger partial charge in [-0.3, -0.25) is 4.79 Å². The van der Waals surface area contributed by atoms with Gasteiger partial charge < -0.3 is 15.6 Å². The van der Waals surface area contributed by atoms with Crippen molar-refractivity contribution in [1.82, 2.24) is 9.55 Å². The van der Waals surface area contributed by atoms with Gasteiger partial charge in [0.05, 0.1) is 17.6 Å². The van der Waals surface area contributed by atoms with E-state index < -0.39 is 11.4 Å². The van der Waals surface area contributed by atoms with E-state index in [1.807, 2.05) is 0 Å². The number of imidazole rings is 1. The highest BCUT2D eigenvalue weighted by Crippen LogP contribution is 2.28. The van der Waals surface area contributed by atoms with Crippen molar-refractivity contribution in [1.29, 1.82) is 0 Å². The van der Waals surface area contributed by atoms with E-state index in [4.69, 9.17) is 5.73 Å². The first-order chi connectivity index (χ1) is 10.1. The molecule has 3 N–H and O–H groups in total. The molecule has 0 bridgehead atoms. The number of carbonyl (C=O) groups is 1. The minimum Gasteiger partial charge on any atom is -0.324 e. The molecule has 1 fully saturated rings. The number of nitrogens with zero attached hydrogens (tertiary/aromatic N) is 2. The lowest BCUT2D eigenvalue weighted by molar-refractivity contribution is -0.121. The standard InChI is InChI=1S/C15H17FN4O.2ClH/c16-12-9-11(3-4-13(12)20-8-7-18-10-20)19-14(21)15(17)5-1-2-6-15;;/h3-4,7-10H,1-2,5-6,17H2,(H,19,21);2*1H. The summed E-state index contributed by atoms with van der Waals surface area (Å²) in [6.45, 7) is 0. The molecule has 0 saturated heterocycles. The second-order valence-electron chi connectivity index (χ2n) is 5.45. The largest absolute Gasteiger partial charge is 0.324 e. The maximum Gasteiger partial charge on any atom is 0.244 e. The van der Waals surface area contributed by atoms with Crippen molar-refractivity contribution in [2.24, 2.45) is 5.73 Å². The number of anilines is 1. The quantitative estimate of drug-likeness (QED) is 0.883. The summed E-state index contributed by atoms with van der Waals surface area (Å²) in [6, 6.07) is 4.56. The monoisotopic (exact) mass is 360 g/mol. The molecule has 0 spiro atoms. The lowest BCUT2D eigenvalue weighted by atomic mass is 9.98. The van der Waals surface area contributed by atoms with Gasteiger partial charge in [0.1, 0.15) is 5.82 Å². The second kappa shape index (κ2) is 7.77. The molecule has 1 saturated carbocycles. The molecule has 3 rings (SSSR count). The van der Waals surface area contributed by atoms with Gasteiger partial charge in [0.2, 0.25) is 5.91 Å². The first kappa shape index (κ1) is 19.4. The van der Waals surface area contributed by atoms with Crippen LogP contribution in [0.25, 0.3) is 5.69 Å². The summed E-state index contributed by atoms with van der Waals surface area (Å²) in [4.78, 5) is 16.1. The third-order valence-electron chi connectivity index (χ3n) is 3.94. The maximum absolute atomic E-state index is 14.1. The van der Waals surface area contributed by atoms with Crippen molar-refractivity contribution < 1.29 is 9.18 Å². The molecule has 0 unspecified atom stereocenters. The van der Waals surface area contributed by atoms with E-state index in [1.54, 1.807) is 29.1 Å². The molecule has 1 amide bonds. The van der Waals surface area contributed by atoms with E-state index in [2.05, 4.69) is 10.3 Å². The molecule has 5 nitrogen and oxygen atoms in total. The molecular formula is C15H19Cl2FN4O. The van der Waals surface area contributed by atoms with Gasteiger partial charge >= 0.3 is 0 Å². The molecule has 23 heavy (non-hydrogen) atoms. The number of halogens is 3. The van der Waals surface area contributed by atoms with Crippen molar-refractivity contribution in [3.8, 4) is 5.69 Å². The molecular weight excluding hydrogens is 342 g/mol. The van der Waals surface area contributed by atoms with Crippen LogP contribution in [0.3, 0.4) is 0 Å². The molecule has 126 valence electrons. The molecule has 8 heteroatoms. The molecule has 0 radical (unpaired) electrons. The van der Waals surface area contributed by atoms with Crippen LogP contribution in [-0.2, 0) is 4.79 Å². The molecule has 1 aromatic heterocycles. The lowest BCUT2D eigenvalue weighted by Gasteiger charge is -2.22. The number of hydrogen-bond donors (Lipinski definition) is 2. The Balaban J connectivity index is 0.00000132. The van der Waals surface area contributed by atoms with Crippen molar-refractivity contribution in [3.63, 3.8) is 0 Å². The number of rotatable bonds is 3. The van der Waals surface area contributed by atoms with Gasteiger partial charge in [-0.15, -0.1) is 24.8 Å². The summed E-state index contributed by atoms with van der Waals surface area (Å²) in [5, 5.41) is 2.71. The van der Waals surface area contributed by atoms with E-state index in [0.717, 1.165) is 12.8 Å². The van der Waals surface area contributed by atoms with Crippen LogP contribution in [0.2, 0.25) is 0 Å². The Labute approximate surface area is 146 Å². The number of carbonyl (C=O) groups excluding carboxylic acids is 1. The van der Waals surface area contributed by atoms with Crippen molar-refractivity contribution >= 4 is 36.4 Å². The van der Waals surface area contributed by atoms with Crippen LogP contribution >= 0.6 is 24.8 Å². The Hall–Kier alpha value is -1.63. The van der Waals surface area contributed by atoms with Gasteiger partial charge in [0, 0.05) is 18.1 Å². The average Bonchev–Trinajstić information content (AvgIpc) is 3.11. The Bertz CT molecular complexity index is 658. The molecule has 0 atom stereocenters. The van der Waals surface area contributed by atoms with Gasteiger partial charge in [0.15, 0.2) is 0 Å². The first-order valence-electron chi connectivity index (χ1n) is 6.97. The van der Waals surface area contributed by atoms with Crippen LogP contribution in [0.4, 0.5) is 10.1 Å². The predicted octanol–water partition coefficient (Wildman–Crippen LogP) is 3.07. The van der Waals surface area contributed by atoms with Gasteiger partial charge in [-0.2, -0.15) is 0 Å². The van der Waals surface area contributed by atoms with Crippen molar-refractivity contribution in [2.75, 3.05) is 5.32 Å². The highest BCUT2D eigenvalue weighted by atomic mass is 35.5. The van der Waals surface area contributed by atoms with Crippen LogP contribution in [0.1, 0.15) is 25.7 Å². The highest BCUT2D eigenvalue weighted by Gasteiger charge is 2.37. The van der Waals surface area contributed by atoms with Crippen LogP contribution < -0.4 is 11.1 Å². The fraction of sp³-hybridized carbons (Fsp3) is 0.333. The van der Waals surface area contributed by atoms with E-state index in [0.29, 0.717) is 24.2 Å². The topological polar surface area (TPSA) is 72.9 Å². The summed E-state index contributed by atoms with van der Waals surface area (Å²) in [5.41, 5.74) is 6.06. The zero-order chi connectivity index (χ0) is 14.9. The third kappa shape index (κ3) is 4.02. The highest BCUT2D eigenvalue weighted by molar-refractivity contribution is 5.98.